The van der Waals surface area contributed by atoms with Gasteiger partial charge in [0, 0.05) is 5.69 Å². The molecule has 0 bridgehead atoms. The van der Waals surface area contributed by atoms with Gasteiger partial charge in [-0.15, -0.1) is 0 Å². The predicted octanol–water partition coefficient (Wildman–Crippen LogP) is 5.79. The summed E-state index contributed by atoms with van der Waals surface area (Å²) in [6.07, 6.45) is 0.0479. The van der Waals surface area contributed by atoms with Gasteiger partial charge in [0.25, 0.3) is 11.8 Å². The Hall–Kier alpha value is -3.86. The van der Waals surface area contributed by atoms with E-state index in [4.69, 9.17) is 4.74 Å². The molecule has 5 heteroatoms. The summed E-state index contributed by atoms with van der Waals surface area (Å²) in [6, 6.07) is 21.1. The van der Waals surface area contributed by atoms with Crippen molar-refractivity contribution in [2.45, 2.75) is 47.3 Å². The molecule has 3 aromatic rings. The lowest BCUT2D eigenvalue weighted by molar-refractivity contribution is -0.137. The molecule has 0 atom stereocenters. The molecule has 0 saturated heterocycles. The molecular formula is C29H30N2O3. The van der Waals surface area contributed by atoms with E-state index in [1.807, 2.05) is 101 Å². The monoisotopic (exact) mass is 454 g/mol. The number of ether oxygens (including phenoxy) is 1. The first-order valence-corrected chi connectivity index (χ1v) is 11.5. The number of aryl methyl sites for hydroxylation is 3. The number of carbonyl (C=O) groups is 2. The summed E-state index contributed by atoms with van der Waals surface area (Å²) in [4.78, 5) is 28.4. The van der Waals surface area contributed by atoms with Crippen LogP contribution in [-0.4, -0.2) is 22.8 Å². The Bertz CT molecular complexity index is 1260. The number of benzene rings is 3. The third-order valence-corrected chi connectivity index (χ3v) is 5.92. The van der Waals surface area contributed by atoms with Crippen LogP contribution in [0.25, 0.3) is 5.57 Å². The summed E-state index contributed by atoms with van der Waals surface area (Å²) < 4.78 is 5.74. The Morgan fingerprint density at radius 3 is 2.12 bits per heavy atom. The fourth-order valence-electron chi connectivity index (χ4n) is 3.92. The van der Waals surface area contributed by atoms with Gasteiger partial charge in [0.15, 0.2) is 0 Å². The van der Waals surface area contributed by atoms with Crippen LogP contribution >= 0.6 is 0 Å². The van der Waals surface area contributed by atoms with Gasteiger partial charge in [0.2, 0.25) is 0 Å². The quantitative estimate of drug-likeness (QED) is 0.459. The van der Waals surface area contributed by atoms with E-state index in [-0.39, 0.29) is 30.2 Å². The molecule has 0 fully saturated rings. The summed E-state index contributed by atoms with van der Waals surface area (Å²) in [7, 11) is 0. The second kappa shape index (κ2) is 9.56. The maximum atomic E-state index is 13.5. The van der Waals surface area contributed by atoms with Crippen molar-refractivity contribution >= 4 is 23.1 Å². The topological polar surface area (TPSA) is 58.6 Å². The Morgan fingerprint density at radius 1 is 0.824 bits per heavy atom. The number of nitrogens with one attached hydrogen (secondary N) is 1. The molecule has 1 aliphatic rings. The molecule has 1 heterocycles. The summed E-state index contributed by atoms with van der Waals surface area (Å²) in [5.74, 6) is 0.0760. The molecule has 0 radical (unpaired) electrons. The van der Waals surface area contributed by atoms with Crippen LogP contribution in [0.5, 0.6) is 5.75 Å². The van der Waals surface area contributed by atoms with Gasteiger partial charge in [-0.1, -0.05) is 48.0 Å². The Labute approximate surface area is 201 Å². The van der Waals surface area contributed by atoms with E-state index in [0.29, 0.717) is 11.1 Å². The van der Waals surface area contributed by atoms with Gasteiger partial charge in [-0.3, -0.25) is 14.5 Å². The van der Waals surface area contributed by atoms with Crippen LogP contribution in [0, 0.1) is 20.8 Å². The molecule has 0 spiro atoms. The van der Waals surface area contributed by atoms with Crippen molar-refractivity contribution in [2.24, 2.45) is 0 Å². The highest BCUT2D eigenvalue weighted by Crippen LogP contribution is 2.33. The van der Waals surface area contributed by atoms with Crippen molar-refractivity contribution in [2.75, 3.05) is 5.32 Å². The molecule has 2 amide bonds. The lowest BCUT2D eigenvalue weighted by Gasteiger charge is -2.16. The molecule has 0 aliphatic carbocycles. The minimum absolute atomic E-state index is 0.0479. The van der Waals surface area contributed by atoms with E-state index in [9.17, 15) is 9.59 Å². The van der Waals surface area contributed by atoms with Gasteiger partial charge in [-0.2, -0.15) is 0 Å². The molecule has 3 aromatic carbocycles. The minimum Gasteiger partial charge on any atom is -0.491 e. The number of nitrogens with zero attached hydrogens (tertiary/aromatic N) is 1. The smallest absolute Gasteiger partial charge is 0.278 e. The molecule has 34 heavy (non-hydrogen) atoms. The molecule has 0 unspecified atom stereocenters. The first-order valence-electron chi connectivity index (χ1n) is 11.5. The van der Waals surface area contributed by atoms with E-state index in [0.717, 1.165) is 33.7 Å². The fraction of sp³-hybridized carbons (Fsp3) is 0.241. The van der Waals surface area contributed by atoms with E-state index in [1.54, 1.807) is 0 Å². The highest BCUT2D eigenvalue weighted by molar-refractivity contribution is 6.36. The Balaban J connectivity index is 1.72. The number of rotatable bonds is 7. The van der Waals surface area contributed by atoms with Crippen LogP contribution in [0.4, 0.5) is 5.69 Å². The largest absolute Gasteiger partial charge is 0.491 e. The summed E-state index contributed by atoms with van der Waals surface area (Å²) in [6.45, 7) is 10.2. The molecular weight excluding hydrogens is 424 g/mol. The molecule has 0 saturated carbocycles. The van der Waals surface area contributed by atoms with E-state index < -0.39 is 0 Å². The van der Waals surface area contributed by atoms with Crippen LogP contribution in [0.3, 0.4) is 0 Å². The van der Waals surface area contributed by atoms with Crippen molar-refractivity contribution < 1.29 is 14.3 Å². The van der Waals surface area contributed by atoms with Gasteiger partial charge in [-0.05, 0) is 81.1 Å². The molecule has 1 aliphatic heterocycles. The third kappa shape index (κ3) is 4.88. The molecule has 0 aromatic heterocycles. The molecule has 174 valence electrons. The summed E-state index contributed by atoms with van der Waals surface area (Å²) >= 11 is 0. The maximum Gasteiger partial charge on any atom is 0.278 e. The van der Waals surface area contributed by atoms with Gasteiger partial charge < -0.3 is 10.1 Å². The fourth-order valence-corrected chi connectivity index (χ4v) is 3.92. The van der Waals surface area contributed by atoms with Crippen molar-refractivity contribution in [1.29, 1.82) is 0 Å². The van der Waals surface area contributed by atoms with E-state index in [2.05, 4.69) is 5.32 Å². The van der Waals surface area contributed by atoms with Gasteiger partial charge in [0.1, 0.15) is 11.4 Å². The average molecular weight is 455 g/mol. The third-order valence-electron chi connectivity index (χ3n) is 5.92. The number of anilines is 1. The van der Waals surface area contributed by atoms with Crippen molar-refractivity contribution in [1.82, 2.24) is 4.90 Å². The van der Waals surface area contributed by atoms with Gasteiger partial charge >= 0.3 is 0 Å². The summed E-state index contributed by atoms with van der Waals surface area (Å²) in [5.41, 5.74) is 6.40. The van der Waals surface area contributed by atoms with Crippen molar-refractivity contribution in [3.05, 3.63) is 100 Å². The molecule has 4 rings (SSSR count). The van der Waals surface area contributed by atoms with Crippen molar-refractivity contribution in [3.63, 3.8) is 0 Å². The first kappa shape index (κ1) is 23.3. The first-order chi connectivity index (χ1) is 16.2. The second-order valence-electron chi connectivity index (χ2n) is 9.05. The lowest BCUT2D eigenvalue weighted by atomic mass is 10.0. The van der Waals surface area contributed by atoms with E-state index >= 15 is 0 Å². The standard InChI is InChI=1S/C29H30N2O3/c1-18(2)34-25-14-11-23(12-15-25)26-27(30-24-13-8-20(4)21(5)16-24)29(33)31(28(26)32)17-22-9-6-19(3)7-10-22/h6-16,18,30H,17H2,1-5H3. The van der Waals surface area contributed by atoms with Crippen LogP contribution in [0.2, 0.25) is 0 Å². The predicted molar refractivity (Wildman–Crippen MR) is 135 cm³/mol. The normalized spacial score (nSPS) is 13.8. The zero-order valence-electron chi connectivity index (χ0n) is 20.3. The van der Waals surface area contributed by atoms with Crippen molar-refractivity contribution in [3.8, 4) is 5.75 Å². The molecule has 5 nitrogen and oxygen atoms in total. The van der Waals surface area contributed by atoms with E-state index in [1.165, 1.54) is 4.90 Å². The summed E-state index contributed by atoms with van der Waals surface area (Å²) in [5, 5.41) is 3.25. The number of imide groups is 1. The zero-order valence-corrected chi connectivity index (χ0v) is 20.3. The Kier molecular flexibility index (Phi) is 6.55. The van der Waals surface area contributed by atoms with Crippen LogP contribution in [0.15, 0.2) is 72.4 Å². The van der Waals surface area contributed by atoms with Crippen LogP contribution in [0.1, 0.15) is 41.7 Å². The number of amides is 2. The minimum atomic E-state index is -0.332. The highest BCUT2D eigenvalue weighted by Gasteiger charge is 2.39. The molecule has 1 N–H and O–H groups in total. The maximum absolute atomic E-state index is 13.5. The van der Waals surface area contributed by atoms with Crippen LogP contribution < -0.4 is 10.1 Å². The second-order valence-corrected chi connectivity index (χ2v) is 9.05. The zero-order chi connectivity index (χ0) is 24.4. The lowest BCUT2D eigenvalue weighted by Crippen LogP contribution is -2.32. The Morgan fingerprint density at radius 2 is 1.50 bits per heavy atom. The number of hydrogen-bond acceptors (Lipinski definition) is 4. The average Bonchev–Trinajstić information content (AvgIpc) is 3.02. The van der Waals surface area contributed by atoms with Gasteiger partial charge in [0.05, 0.1) is 18.2 Å². The SMILES string of the molecule is Cc1ccc(CN2C(=O)C(Nc3ccc(C)c(C)c3)=C(c3ccc(OC(C)C)cc3)C2=O)cc1. The number of carbonyl (C=O) groups excluding carboxylic acids is 2. The van der Waals surface area contributed by atoms with Crippen LogP contribution in [-0.2, 0) is 16.1 Å². The number of hydrogen-bond donors (Lipinski definition) is 1. The van der Waals surface area contributed by atoms with Gasteiger partial charge in [-0.25, -0.2) is 0 Å². The highest BCUT2D eigenvalue weighted by atomic mass is 16.5.